The number of carbonyl (C=O) groups is 2. The minimum Gasteiger partial charge on any atom is -0.459 e. The number of carbonyl (C=O) groups excluding carboxylic acids is 2. The second kappa shape index (κ2) is 9.62. The van der Waals surface area contributed by atoms with Crippen LogP contribution >= 0.6 is 0 Å². The van der Waals surface area contributed by atoms with E-state index in [0.29, 0.717) is 19.3 Å². The summed E-state index contributed by atoms with van der Waals surface area (Å²) in [5, 5.41) is 10.2. The summed E-state index contributed by atoms with van der Waals surface area (Å²) >= 11 is 0. The zero-order valence-corrected chi connectivity index (χ0v) is 13.8. The van der Waals surface area contributed by atoms with E-state index < -0.39 is 36.2 Å². The van der Waals surface area contributed by atoms with E-state index in [0.717, 1.165) is 19.3 Å². The molecule has 126 valence electrons. The summed E-state index contributed by atoms with van der Waals surface area (Å²) in [6.07, 6.45) is 6.71. The van der Waals surface area contributed by atoms with Gasteiger partial charge < -0.3 is 14.6 Å². The molecule has 0 saturated heterocycles. The Kier molecular flexibility index (Phi) is 8.17. The van der Waals surface area contributed by atoms with Gasteiger partial charge in [0.1, 0.15) is 12.2 Å². The van der Waals surface area contributed by atoms with E-state index in [4.69, 9.17) is 9.47 Å². The molecule has 0 saturated carbocycles. The van der Waals surface area contributed by atoms with Gasteiger partial charge in [-0.25, -0.2) is 0 Å². The van der Waals surface area contributed by atoms with Crippen LogP contribution in [0.3, 0.4) is 0 Å². The molecule has 4 unspecified atom stereocenters. The van der Waals surface area contributed by atoms with Crippen molar-refractivity contribution in [1.82, 2.24) is 0 Å². The zero-order valence-electron chi connectivity index (χ0n) is 13.8. The van der Waals surface area contributed by atoms with Crippen LogP contribution in [0.15, 0.2) is 12.2 Å². The van der Waals surface area contributed by atoms with Crippen LogP contribution in [-0.2, 0) is 19.1 Å². The first-order valence-corrected chi connectivity index (χ1v) is 8.18. The first-order valence-electron chi connectivity index (χ1n) is 8.18. The van der Waals surface area contributed by atoms with Gasteiger partial charge >= 0.3 is 11.9 Å². The number of cyclic esters (lactones) is 1. The summed E-state index contributed by atoms with van der Waals surface area (Å²) in [5.41, 5.74) is 0. The van der Waals surface area contributed by atoms with Crippen molar-refractivity contribution in [3.05, 3.63) is 12.2 Å². The number of hydrogen-bond acceptors (Lipinski definition) is 5. The quantitative estimate of drug-likeness (QED) is 0.480. The molecule has 0 amide bonds. The predicted molar refractivity (Wildman–Crippen MR) is 83.1 cm³/mol. The molecule has 1 aliphatic rings. The lowest BCUT2D eigenvalue weighted by Gasteiger charge is -2.27. The Balaban J connectivity index is 2.78. The Bertz CT molecular complexity index is 391. The van der Waals surface area contributed by atoms with Crippen molar-refractivity contribution in [2.24, 2.45) is 5.92 Å². The summed E-state index contributed by atoms with van der Waals surface area (Å²) in [7, 11) is 0. The summed E-state index contributed by atoms with van der Waals surface area (Å²) in [6, 6.07) is 0. The molecule has 5 nitrogen and oxygen atoms in total. The summed E-state index contributed by atoms with van der Waals surface area (Å²) in [4.78, 5) is 23.4. The van der Waals surface area contributed by atoms with E-state index >= 15 is 0 Å². The molecular formula is C17H28O5. The Morgan fingerprint density at radius 3 is 2.82 bits per heavy atom. The molecule has 1 aliphatic heterocycles. The van der Waals surface area contributed by atoms with E-state index in [2.05, 4.69) is 6.92 Å². The molecule has 1 heterocycles. The SMILES string of the molecule is CCCCCC1OC(=O)C(C)C(OC(C)=O)C=CCCC1O. The maximum Gasteiger partial charge on any atom is 0.313 e. The zero-order chi connectivity index (χ0) is 16.5. The number of unbranched alkanes of at least 4 members (excludes halogenated alkanes) is 2. The third-order valence-corrected chi connectivity index (χ3v) is 3.91. The third-order valence-electron chi connectivity index (χ3n) is 3.91. The smallest absolute Gasteiger partial charge is 0.313 e. The largest absolute Gasteiger partial charge is 0.459 e. The average Bonchev–Trinajstić information content (AvgIpc) is 2.47. The van der Waals surface area contributed by atoms with E-state index in [9.17, 15) is 14.7 Å². The van der Waals surface area contributed by atoms with Gasteiger partial charge in [0, 0.05) is 6.92 Å². The van der Waals surface area contributed by atoms with Crippen molar-refractivity contribution in [2.75, 3.05) is 0 Å². The van der Waals surface area contributed by atoms with Crippen LogP contribution in [-0.4, -0.2) is 35.4 Å². The van der Waals surface area contributed by atoms with Crippen LogP contribution in [0.25, 0.3) is 0 Å². The first-order chi connectivity index (χ1) is 10.5. The van der Waals surface area contributed by atoms with Gasteiger partial charge in [-0.15, -0.1) is 0 Å². The summed E-state index contributed by atoms with van der Waals surface area (Å²) < 4.78 is 10.7. The predicted octanol–water partition coefficient (Wildman–Crippen LogP) is 2.76. The second-order valence-electron chi connectivity index (χ2n) is 5.91. The highest BCUT2D eigenvalue weighted by Gasteiger charge is 2.31. The highest BCUT2D eigenvalue weighted by molar-refractivity contribution is 5.74. The molecular weight excluding hydrogens is 284 g/mol. The van der Waals surface area contributed by atoms with E-state index in [1.54, 1.807) is 13.0 Å². The van der Waals surface area contributed by atoms with Crippen molar-refractivity contribution in [3.63, 3.8) is 0 Å². The average molecular weight is 312 g/mol. The molecule has 22 heavy (non-hydrogen) atoms. The number of esters is 2. The molecule has 0 radical (unpaired) electrons. The lowest BCUT2D eigenvalue weighted by atomic mass is 9.98. The molecule has 0 aliphatic carbocycles. The van der Waals surface area contributed by atoms with Crippen molar-refractivity contribution in [2.45, 2.75) is 77.6 Å². The second-order valence-corrected chi connectivity index (χ2v) is 5.91. The monoisotopic (exact) mass is 312 g/mol. The van der Waals surface area contributed by atoms with E-state index in [-0.39, 0.29) is 0 Å². The number of hydrogen-bond donors (Lipinski definition) is 1. The fourth-order valence-electron chi connectivity index (χ4n) is 2.50. The minimum absolute atomic E-state index is 0.425. The third kappa shape index (κ3) is 6.18. The van der Waals surface area contributed by atoms with Gasteiger partial charge in [-0.05, 0) is 38.7 Å². The van der Waals surface area contributed by atoms with Gasteiger partial charge in [-0.1, -0.05) is 25.8 Å². The molecule has 0 aromatic carbocycles. The lowest BCUT2D eigenvalue weighted by molar-refractivity contribution is -0.166. The Morgan fingerprint density at radius 1 is 1.45 bits per heavy atom. The molecule has 1 rings (SSSR count). The number of allylic oxidation sites excluding steroid dienone is 1. The molecule has 5 heteroatoms. The van der Waals surface area contributed by atoms with Crippen molar-refractivity contribution in [1.29, 1.82) is 0 Å². The van der Waals surface area contributed by atoms with Crippen LogP contribution in [0, 0.1) is 5.92 Å². The summed E-state index contributed by atoms with van der Waals surface area (Å²) in [6.45, 7) is 5.10. The Labute approximate surface area is 132 Å². The molecule has 0 fully saturated rings. The van der Waals surface area contributed by atoms with Crippen LogP contribution in [0.5, 0.6) is 0 Å². The van der Waals surface area contributed by atoms with Crippen molar-refractivity contribution < 1.29 is 24.2 Å². The number of aliphatic hydroxyl groups is 1. The van der Waals surface area contributed by atoms with Crippen LogP contribution in [0.4, 0.5) is 0 Å². The Hall–Kier alpha value is -1.36. The van der Waals surface area contributed by atoms with Crippen LogP contribution < -0.4 is 0 Å². The maximum absolute atomic E-state index is 12.3. The fourth-order valence-corrected chi connectivity index (χ4v) is 2.50. The molecule has 0 spiro atoms. The molecule has 0 aromatic rings. The highest BCUT2D eigenvalue weighted by Crippen LogP contribution is 2.21. The van der Waals surface area contributed by atoms with Crippen molar-refractivity contribution >= 4 is 11.9 Å². The lowest BCUT2D eigenvalue weighted by Crippen LogP contribution is -2.37. The number of aliphatic hydroxyl groups excluding tert-OH is 1. The van der Waals surface area contributed by atoms with E-state index in [1.165, 1.54) is 6.92 Å². The van der Waals surface area contributed by atoms with Gasteiger partial charge in [-0.3, -0.25) is 9.59 Å². The summed E-state index contributed by atoms with van der Waals surface area (Å²) in [5.74, 6) is -1.44. The van der Waals surface area contributed by atoms with E-state index in [1.807, 2.05) is 6.08 Å². The highest BCUT2D eigenvalue weighted by atomic mass is 16.6. The topological polar surface area (TPSA) is 72.8 Å². The fraction of sp³-hybridized carbons (Fsp3) is 0.765. The molecule has 0 bridgehead atoms. The molecule has 1 N–H and O–H groups in total. The normalized spacial score (nSPS) is 29.7. The number of ether oxygens (including phenoxy) is 2. The standard InChI is InChI=1S/C17H28O5/c1-4-5-6-11-16-14(19)9-7-8-10-15(21-13(3)18)12(2)17(20)22-16/h8,10,12,14-16,19H,4-7,9,11H2,1-3H3. The van der Waals surface area contributed by atoms with Crippen LogP contribution in [0.2, 0.25) is 0 Å². The van der Waals surface area contributed by atoms with Gasteiger partial charge in [0.25, 0.3) is 0 Å². The Morgan fingerprint density at radius 2 is 2.18 bits per heavy atom. The first kappa shape index (κ1) is 18.7. The van der Waals surface area contributed by atoms with Gasteiger partial charge in [0.2, 0.25) is 0 Å². The molecule has 4 atom stereocenters. The van der Waals surface area contributed by atoms with Crippen LogP contribution in [0.1, 0.15) is 59.3 Å². The van der Waals surface area contributed by atoms with Gasteiger partial charge in [0.05, 0.1) is 12.0 Å². The minimum atomic E-state index is -0.650. The number of rotatable bonds is 5. The molecule has 0 aromatic heterocycles. The van der Waals surface area contributed by atoms with Gasteiger partial charge in [0.15, 0.2) is 0 Å². The van der Waals surface area contributed by atoms with Crippen molar-refractivity contribution in [3.8, 4) is 0 Å². The van der Waals surface area contributed by atoms with Gasteiger partial charge in [-0.2, -0.15) is 0 Å². The maximum atomic E-state index is 12.3.